The largest absolute Gasteiger partial charge is 0.483 e. The van der Waals surface area contributed by atoms with Crippen LogP contribution in [0.4, 0.5) is 4.39 Å². The van der Waals surface area contributed by atoms with Gasteiger partial charge in [-0.25, -0.2) is 4.39 Å². The Balaban J connectivity index is 1.59. The van der Waals surface area contributed by atoms with Gasteiger partial charge in [0.15, 0.2) is 5.75 Å². The third-order valence-electron chi connectivity index (χ3n) is 4.32. The second kappa shape index (κ2) is 8.97. The number of rotatable bonds is 7. The Kier molecular flexibility index (Phi) is 5.76. The number of ether oxygens (including phenoxy) is 2. The summed E-state index contributed by atoms with van der Waals surface area (Å²) in [6.07, 6.45) is 0. The summed E-state index contributed by atoms with van der Waals surface area (Å²) in [5.74, 6) is 0.500. The number of aromatic nitrogens is 2. The van der Waals surface area contributed by atoms with Gasteiger partial charge in [0.1, 0.15) is 19.0 Å². The van der Waals surface area contributed by atoms with Gasteiger partial charge in [0.05, 0.1) is 5.69 Å². The van der Waals surface area contributed by atoms with E-state index in [9.17, 15) is 4.39 Å². The first-order valence-corrected chi connectivity index (χ1v) is 9.25. The van der Waals surface area contributed by atoms with Crippen LogP contribution < -0.4 is 9.47 Å². The van der Waals surface area contributed by atoms with E-state index in [4.69, 9.17) is 9.47 Å². The van der Waals surface area contributed by atoms with Crippen LogP contribution in [0.5, 0.6) is 11.6 Å². The second-order valence-electron chi connectivity index (χ2n) is 6.45. The van der Waals surface area contributed by atoms with Gasteiger partial charge in [0, 0.05) is 11.6 Å². The third kappa shape index (κ3) is 4.96. The zero-order chi connectivity index (χ0) is 19.9. The monoisotopic (exact) mass is 386 g/mol. The van der Waals surface area contributed by atoms with E-state index in [0.29, 0.717) is 30.5 Å². The zero-order valence-corrected chi connectivity index (χ0v) is 15.7. The fraction of sp³-hybridized carbons (Fsp3) is 0.0833. The lowest BCUT2D eigenvalue weighted by Crippen LogP contribution is -2.04. The molecule has 1 aromatic heterocycles. The number of halogens is 1. The summed E-state index contributed by atoms with van der Waals surface area (Å²) < 4.78 is 25.1. The first kappa shape index (κ1) is 18.6. The molecule has 0 N–H and O–H groups in total. The normalized spacial score (nSPS) is 10.5. The number of benzene rings is 3. The Morgan fingerprint density at radius 1 is 0.655 bits per heavy atom. The Bertz CT molecular complexity index is 1060. The summed E-state index contributed by atoms with van der Waals surface area (Å²) in [6.45, 7) is 0.726. The van der Waals surface area contributed by atoms with Gasteiger partial charge in [-0.1, -0.05) is 60.7 Å². The lowest BCUT2D eigenvalue weighted by molar-refractivity contribution is 0.244. The summed E-state index contributed by atoms with van der Waals surface area (Å²) in [7, 11) is 0. The maximum absolute atomic E-state index is 13.2. The van der Waals surface area contributed by atoms with Crippen molar-refractivity contribution in [3.8, 4) is 22.9 Å². The highest BCUT2D eigenvalue weighted by Crippen LogP contribution is 2.30. The van der Waals surface area contributed by atoms with Crippen LogP contribution in [-0.4, -0.2) is 10.2 Å². The van der Waals surface area contributed by atoms with Crippen LogP contribution in [0.3, 0.4) is 0 Å². The number of hydrogen-bond acceptors (Lipinski definition) is 4. The van der Waals surface area contributed by atoms with Crippen LogP contribution in [0.25, 0.3) is 11.3 Å². The predicted molar refractivity (Wildman–Crippen MR) is 109 cm³/mol. The van der Waals surface area contributed by atoms with Crippen molar-refractivity contribution in [3.63, 3.8) is 0 Å². The molecule has 0 saturated carbocycles. The molecule has 0 atom stereocenters. The molecule has 5 heteroatoms. The molecule has 3 aromatic carbocycles. The van der Waals surface area contributed by atoms with Crippen molar-refractivity contribution in [2.45, 2.75) is 13.2 Å². The standard InChI is InChI=1S/C24H19FN2O2/c25-21-13-11-20(12-14-21)22-15-23(28-16-18-7-3-1-4-8-18)24(27-26-22)29-17-19-9-5-2-6-10-19/h1-15H,16-17H2. The molecule has 0 spiro atoms. The van der Waals surface area contributed by atoms with Crippen molar-refractivity contribution in [1.29, 1.82) is 0 Å². The molecule has 0 amide bonds. The number of nitrogens with zero attached hydrogens (tertiary/aromatic N) is 2. The topological polar surface area (TPSA) is 44.2 Å². The van der Waals surface area contributed by atoms with Crippen LogP contribution in [0.15, 0.2) is 91.0 Å². The van der Waals surface area contributed by atoms with Crippen LogP contribution in [0.2, 0.25) is 0 Å². The Hall–Kier alpha value is -3.73. The highest BCUT2D eigenvalue weighted by molar-refractivity contribution is 5.61. The van der Waals surface area contributed by atoms with Gasteiger partial charge in [-0.3, -0.25) is 0 Å². The third-order valence-corrected chi connectivity index (χ3v) is 4.32. The molecule has 0 bridgehead atoms. The van der Waals surface area contributed by atoms with Gasteiger partial charge >= 0.3 is 0 Å². The molecule has 1 heterocycles. The van der Waals surface area contributed by atoms with E-state index in [1.54, 1.807) is 18.2 Å². The quantitative estimate of drug-likeness (QED) is 0.424. The molecule has 144 valence electrons. The summed E-state index contributed by atoms with van der Waals surface area (Å²) in [5, 5.41) is 8.44. The van der Waals surface area contributed by atoms with E-state index in [1.807, 2.05) is 60.7 Å². The Morgan fingerprint density at radius 2 is 1.24 bits per heavy atom. The van der Waals surface area contributed by atoms with Crippen molar-refractivity contribution >= 4 is 0 Å². The smallest absolute Gasteiger partial charge is 0.276 e. The van der Waals surface area contributed by atoms with E-state index >= 15 is 0 Å². The summed E-state index contributed by atoms with van der Waals surface area (Å²) in [6, 6.07) is 27.5. The average molecular weight is 386 g/mol. The van der Waals surface area contributed by atoms with Crippen molar-refractivity contribution in [3.05, 3.63) is 108 Å². The fourth-order valence-corrected chi connectivity index (χ4v) is 2.79. The Labute approximate surface area is 168 Å². The molecule has 0 fully saturated rings. The highest BCUT2D eigenvalue weighted by atomic mass is 19.1. The van der Waals surface area contributed by atoms with Crippen LogP contribution in [-0.2, 0) is 13.2 Å². The summed E-state index contributed by atoms with van der Waals surface area (Å²) in [5.41, 5.74) is 3.38. The lowest BCUT2D eigenvalue weighted by atomic mass is 10.1. The molecule has 29 heavy (non-hydrogen) atoms. The molecule has 0 aliphatic carbocycles. The Morgan fingerprint density at radius 3 is 1.86 bits per heavy atom. The molecule has 0 aliphatic heterocycles. The van der Waals surface area contributed by atoms with E-state index in [0.717, 1.165) is 16.7 Å². The predicted octanol–water partition coefficient (Wildman–Crippen LogP) is 5.44. The maximum Gasteiger partial charge on any atom is 0.276 e. The summed E-state index contributed by atoms with van der Waals surface area (Å²) >= 11 is 0. The molecule has 0 unspecified atom stereocenters. The molecular weight excluding hydrogens is 367 g/mol. The van der Waals surface area contributed by atoms with E-state index in [-0.39, 0.29) is 5.82 Å². The van der Waals surface area contributed by atoms with Gasteiger partial charge in [0.25, 0.3) is 5.88 Å². The van der Waals surface area contributed by atoms with Gasteiger partial charge in [-0.05, 0) is 35.4 Å². The van der Waals surface area contributed by atoms with E-state index < -0.39 is 0 Å². The van der Waals surface area contributed by atoms with Gasteiger partial charge in [-0.15, -0.1) is 10.2 Å². The fourth-order valence-electron chi connectivity index (χ4n) is 2.79. The molecular formula is C24H19FN2O2. The molecule has 4 rings (SSSR count). The zero-order valence-electron chi connectivity index (χ0n) is 15.7. The van der Waals surface area contributed by atoms with E-state index in [1.165, 1.54) is 12.1 Å². The minimum absolute atomic E-state index is 0.301. The first-order chi connectivity index (χ1) is 14.3. The first-order valence-electron chi connectivity index (χ1n) is 9.25. The molecule has 4 nitrogen and oxygen atoms in total. The number of hydrogen-bond donors (Lipinski definition) is 0. The van der Waals surface area contributed by atoms with Gasteiger partial charge in [-0.2, -0.15) is 0 Å². The van der Waals surface area contributed by atoms with Crippen molar-refractivity contribution < 1.29 is 13.9 Å². The summed E-state index contributed by atoms with van der Waals surface area (Å²) in [4.78, 5) is 0. The van der Waals surface area contributed by atoms with Crippen molar-refractivity contribution in [2.75, 3.05) is 0 Å². The SMILES string of the molecule is Fc1ccc(-c2cc(OCc3ccccc3)c(OCc3ccccc3)nn2)cc1. The molecule has 0 radical (unpaired) electrons. The molecule has 0 aliphatic rings. The average Bonchev–Trinajstić information content (AvgIpc) is 2.78. The molecule has 0 saturated heterocycles. The minimum atomic E-state index is -0.301. The second-order valence-corrected chi connectivity index (χ2v) is 6.45. The van der Waals surface area contributed by atoms with Crippen LogP contribution in [0.1, 0.15) is 11.1 Å². The minimum Gasteiger partial charge on any atom is -0.483 e. The van der Waals surface area contributed by atoms with Crippen LogP contribution >= 0.6 is 0 Å². The van der Waals surface area contributed by atoms with E-state index in [2.05, 4.69) is 10.2 Å². The maximum atomic E-state index is 13.2. The van der Waals surface area contributed by atoms with Crippen molar-refractivity contribution in [1.82, 2.24) is 10.2 Å². The van der Waals surface area contributed by atoms with Crippen LogP contribution in [0, 0.1) is 5.82 Å². The van der Waals surface area contributed by atoms with Gasteiger partial charge in [0.2, 0.25) is 0 Å². The van der Waals surface area contributed by atoms with Gasteiger partial charge < -0.3 is 9.47 Å². The van der Waals surface area contributed by atoms with Crippen molar-refractivity contribution in [2.24, 2.45) is 0 Å². The lowest BCUT2D eigenvalue weighted by Gasteiger charge is -2.13. The highest BCUT2D eigenvalue weighted by Gasteiger charge is 2.12. The molecule has 4 aromatic rings.